The first kappa shape index (κ1) is 18.0. The van der Waals surface area contributed by atoms with E-state index < -0.39 is 15.8 Å². The van der Waals surface area contributed by atoms with Crippen LogP contribution < -0.4 is 0 Å². The van der Waals surface area contributed by atoms with Gasteiger partial charge in [0.2, 0.25) is 10.0 Å². The van der Waals surface area contributed by atoms with Gasteiger partial charge in [0.1, 0.15) is 16.4 Å². The summed E-state index contributed by atoms with van der Waals surface area (Å²) in [5.41, 5.74) is 0.317. The van der Waals surface area contributed by atoms with Crippen LogP contribution in [0.4, 0.5) is 4.39 Å². The lowest BCUT2D eigenvalue weighted by atomic mass is 9.82. The molecular formula is C17H17ClFN5O3S. The van der Waals surface area contributed by atoms with Gasteiger partial charge >= 0.3 is 0 Å². The molecule has 1 N–H and O–H groups in total. The number of carbonyl (C=O) groups excluding carboxylic acids is 1. The zero-order valence-electron chi connectivity index (χ0n) is 14.6. The summed E-state index contributed by atoms with van der Waals surface area (Å²) in [6.07, 6.45) is 2.80. The molecule has 28 heavy (non-hydrogen) atoms. The van der Waals surface area contributed by atoms with Crippen LogP contribution in [0.25, 0.3) is 0 Å². The number of amides is 1. The van der Waals surface area contributed by atoms with Crippen molar-refractivity contribution in [2.24, 2.45) is 11.8 Å². The molecule has 0 aliphatic carbocycles. The molecule has 2 aromatic rings. The quantitative estimate of drug-likeness (QED) is 0.803. The second-order valence-electron chi connectivity index (χ2n) is 7.53. The van der Waals surface area contributed by atoms with Gasteiger partial charge in [0.05, 0.1) is 6.20 Å². The molecule has 4 atom stereocenters. The molecular weight excluding hydrogens is 409 g/mol. The third-order valence-electron chi connectivity index (χ3n) is 6.19. The molecule has 0 saturated carbocycles. The van der Waals surface area contributed by atoms with Crippen molar-refractivity contribution in [3.8, 4) is 0 Å². The molecule has 5 rings (SSSR count). The van der Waals surface area contributed by atoms with Crippen LogP contribution in [0.2, 0.25) is 5.02 Å². The Morgan fingerprint density at radius 3 is 2.50 bits per heavy atom. The molecule has 148 valence electrons. The summed E-state index contributed by atoms with van der Waals surface area (Å²) < 4.78 is 42.2. The summed E-state index contributed by atoms with van der Waals surface area (Å²) in [4.78, 5) is 13.9. The van der Waals surface area contributed by atoms with Crippen molar-refractivity contribution in [3.05, 3.63) is 40.9 Å². The number of carbonyl (C=O) groups is 1. The second kappa shape index (κ2) is 6.23. The second-order valence-corrected chi connectivity index (χ2v) is 9.78. The molecule has 3 aliphatic heterocycles. The van der Waals surface area contributed by atoms with Gasteiger partial charge < -0.3 is 4.90 Å². The fourth-order valence-corrected chi connectivity index (χ4v) is 7.39. The molecule has 3 aliphatic rings. The van der Waals surface area contributed by atoms with Gasteiger partial charge in [-0.3, -0.25) is 9.89 Å². The maximum Gasteiger partial charge on any atom is 0.273 e. The van der Waals surface area contributed by atoms with E-state index in [-0.39, 0.29) is 39.7 Å². The monoisotopic (exact) mass is 425 g/mol. The van der Waals surface area contributed by atoms with Crippen molar-refractivity contribution in [1.29, 1.82) is 0 Å². The smallest absolute Gasteiger partial charge is 0.273 e. The van der Waals surface area contributed by atoms with E-state index in [2.05, 4.69) is 15.4 Å². The summed E-state index contributed by atoms with van der Waals surface area (Å²) in [6, 6.07) is 3.09. The molecule has 11 heteroatoms. The first-order valence-electron chi connectivity index (χ1n) is 9.02. The number of hydrogen-bond acceptors (Lipinski definition) is 5. The number of aromatic nitrogens is 3. The first-order chi connectivity index (χ1) is 13.4. The van der Waals surface area contributed by atoms with Crippen LogP contribution in [0.1, 0.15) is 23.3 Å². The predicted molar refractivity (Wildman–Crippen MR) is 96.5 cm³/mol. The molecule has 1 amide bonds. The minimum Gasteiger partial charge on any atom is -0.337 e. The van der Waals surface area contributed by atoms with Crippen LogP contribution in [0, 0.1) is 17.7 Å². The van der Waals surface area contributed by atoms with Crippen molar-refractivity contribution >= 4 is 27.5 Å². The average Bonchev–Trinajstić information content (AvgIpc) is 3.43. The van der Waals surface area contributed by atoms with E-state index in [1.54, 1.807) is 4.90 Å². The van der Waals surface area contributed by atoms with Gasteiger partial charge in [-0.25, -0.2) is 12.8 Å². The van der Waals surface area contributed by atoms with E-state index in [4.69, 9.17) is 11.6 Å². The number of rotatable bonds is 3. The van der Waals surface area contributed by atoms with Gasteiger partial charge in [-0.1, -0.05) is 16.8 Å². The Morgan fingerprint density at radius 1 is 1.21 bits per heavy atom. The standard InChI is InChI=1S/C17H17ClFN5O3S/c18-9-1-2-12(19)16(5-9)28(26,27)24-14-3-4-15(24)11-8-23(7-10(11)14)17(25)13-6-20-22-21-13/h1-2,5-6,10-11,14-15H,3-4,7-8H2,(H,20,21,22)/t10-,11+,14+,15-. The number of nitrogens with zero attached hydrogens (tertiary/aromatic N) is 4. The molecule has 8 nitrogen and oxygen atoms in total. The minimum atomic E-state index is -4.01. The zero-order valence-corrected chi connectivity index (χ0v) is 16.2. The Balaban J connectivity index is 1.43. The fourth-order valence-electron chi connectivity index (χ4n) is 5.10. The molecule has 0 radical (unpaired) electrons. The number of likely N-dealkylation sites (tertiary alicyclic amines) is 1. The van der Waals surface area contributed by atoms with Crippen LogP contribution >= 0.6 is 11.6 Å². The van der Waals surface area contributed by atoms with E-state index in [1.165, 1.54) is 22.6 Å². The van der Waals surface area contributed by atoms with E-state index in [1.807, 2.05) is 0 Å². The fraction of sp³-hybridized carbons (Fsp3) is 0.471. The van der Waals surface area contributed by atoms with Crippen LogP contribution in [-0.2, 0) is 10.0 Å². The van der Waals surface area contributed by atoms with Crippen molar-refractivity contribution in [2.45, 2.75) is 29.8 Å². The highest BCUT2D eigenvalue weighted by Crippen LogP contribution is 2.51. The number of fused-ring (bicyclic) bond motifs is 5. The van der Waals surface area contributed by atoms with E-state index >= 15 is 0 Å². The molecule has 2 bridgehead atoms. The molecule has 3 saturated heterocycles. The van der Waals surface area contributed by atoms with E-state index in [9.17, 15) is 17.6 Å². The number of halogens is 2. The molecule has 1 aromatic heterocycles. The Labute approximate surface area is 165 Å². The Kier molecular flexibility index (Phi) is 4.01. The summed E-state index contributed by atoms with van der Waals surface area (Å²) in [5, 5.41) is 9.95. The van der Waals surface area contributed by atoms with Crippen LogP contribution in [0.15, 0.2) is 29.3 Å². The average molecular weight is 426 g/mol. The number of sulfonamides is 1. The van der Waals surface area contributed by atoms with Gasteiger partial charge in [-0.15, -0.1) is 5.10 Å². The Morgan fingerprint density at radius 2 is 1.89 bits per heavy atom. The Hall–Kier alpha value is -2.04. The van der Waals surface area contributed by atoms with Gasteiger partial charge in [0.15, 0.2) is 0 Å². The first-order valence-corrected chi connectivity index (χ1v) is 10.8. The maximum atomic E-state index is 14.3. The maximum absolute atomic E-state index is 14.3. The van der Waals surface area contributed by atoms with E-state index in [0.29, 0.717) is 31.6 Å². The number of hydrogen-bond donors (Lipinski definition) is 1. The number of benzene rings is 1. The molecule has 0 unspecified atom stereocenters. The van der Waals surface area contributed by atoms with Gasteiger partial charge in [0, 0.05) is 30.2 Å². The third kappa shape index (κ3) is 2.51. The summed E-state index contributed by atoms with van der Waals surface area (Å²) in [6.45, 7) is 0.932. The number of nitrogens with one attached hydrogen (secondary N) is 1. The zero-order chi connectivity index (χ0) is 19.6. The van der Waals surface area contributed by atoms with Gasteiger partial charge in [-0.05, 0) is 42.9 Å². The van der Waals surface area contributed by atoms with E-state index in [0.717, 1.165) is 6.07 Å². The summed E-state index contributed by atoms with van der Waals surface area (Å²) in [7, 11) is -4.01. The highest BCUT2D eigenvalue weighted by atomic mass is 35.5. The molecule has 0 spiro atoms. The third-order valence-corrected chi connectivity index (χ3v) is 8.39. The SMILES string of the molecule is O=C(c1cnn[nH]1)N1C[C@@H]2[C@H](C1)[C@H]1CC[C@@H]2N1S(=O)(=O)c1cc(Cl)ccc1F. The topological polar surface area (TPSA) is 99.3 Å². The molecule has 4 heterocycles. The van der Waals surface area contributed by atoms with Crippen molar-refractivity contribution in [1.82, 2.24) is 24.6 Å². The highest BCUT2D eigenvalue weighted by Gasteiger charge is 2.61. The van der Waals surface area contributed by atoms with Gasteiger partial charge in [-0.2, -0.15) is 4.31 Å². The number of aromatic amines is 1. The normalized spacial score (nSPS) is 29.4. The highest BCUT2D eigenvalue weighted by molar-refractivity contribution is 7.89. The van der Waals surface area contributed by atoms with Gasteiger partial charge in [0.25, 0.3) is 5.91 Å². The number of H-pyrrole nitrogens is 1. The summed E-state index contributed by atoms with van der Waals surface area (Å²) >= 11 is 5.91. The molecule has 1 aromatic carbocycles. The lowest BCUT2D eigenvalue weighted by Gasteiger charge is -2.26. The van der Waals surface area contributed by atoms with Crippen molar-refractivity contribution in [3.63, 3.8) is 0 Å². The van der Waals surface area contributed by atoms with Crippen LogP contribution in [0.5, 0.6) is 0 Å². The molecule has 3 fully saturated rings. The van der Waals surface area contributed by atoms with Crippen molar-refractivity contribution in [2.75, 3.05) is 13.1 Å². The largest absolute Gasteiger partial charge is 0.337 e. The lowest BCUT2D eigenvalue weighted by molar-refractivity contribution is 0.0767. The predicted octanol–water partition coefficient (Wildman–Crippen LogP) is 1.52. The van der Waals surface area contributed by atoms with Crippen LogP contribution in [-0.4, -0.2) is 64.1 Å². The Bertz CT molecular complexity index is 1030. The van der Waals surface area contributed by atoms with Crippen molar-refractivity contribution < 1.29 is 17.6 Å². The minimum absolute atomic E-state index is 0.0376. The lowest BCUT2D eigenvalue weighted by Crippen LogP contribution is -2.41. The summed E-state index contributed by atoms with van der Waals surface area (Å²) in [5.74, 6) is -0.912. The van der Waals surface area contributed by atoms with Crippen LogP contribution in [0.3, 0.4) is 0 Å².